The lowest BCUT2D eigenvalue weighted by atomic mass is 10.0. The quantitative estimate of drug-likeness (QED) is 0.491. The summed E-state index contributed by atoms with van der Waals surface area (Å²) in [5.74, 6) is -0.307. The third-order valence-corrected chi connectivity index (χ3v) is 7.15. The molecule has 0 aliphatic rings. The van der Waals surface area contributed by atoms with E-state index in [0.717, 1.165) is 22.0 Å². The van der Waals surface area contributed by atoms with Crippen molar-refractivity contribution in [1.82, 2.24) is 4.98 Å². The Labute approximate surface area is 173 Å². The number of aromatic nitrogens is 1. The van der Waals surface area contributed by atoms with E-state index in [2.05, 4.69) is 22.4 Å². The number of sulfone groups is 1. The number of hydrogen-bond acceptors (Lipinski definition) is 5. The van der Waals surface area contributed by atoms with Gasteiger partial charge in [-0.05, 0) is 35.0 Å². The fraction of sp³-hybridized carbons (Fsp3) is 0.0909. The monoisotopic (exact) mass is 422 g/mol. The van der Waals surface area contributed by atoms with Gasteiger partial charge in [0.2, 0.25) is 0 Å². The molecule has 3 aromatic carbocycles. The lowest BCUT2D eigenvalue weighted by Gasteiger charge is -2.05. The third kappa shape index (κ3) is 3.92. The van der Waals surface area contributed by atoms with E-state index in [0.29, 0.717) is 10.7 Å². The number of carbonyl (C=O) groups is 1. The number of thiazole rings is 1. The van der Waals surface area contributed by atoms with Crippen LogP contribution in [-0.2, 0) is 9.84 Å². The molecule has 0 saturated heterocycles. The first-order valence-electron chi connectivity index (χ1n) is 9.06. The molecule has 29 heavy (non-hydrogen) atoms. The van der Waals surface area contributed by atoms with Crippen molar-refractivity contribution in [3.63, 3.8) is 0 Å². The fourth-order valence-electron chi connectivity index (χ4n) is 3.05. The summed E-state index contributed by atoms with van der Waals surface area (Å²) < 4.78 is 23.8. The van der Waals surface area contributed by atoms with Crippen LogP contribution in [0.15, 0.2) is 77.0 Å². The number of carbonyl (C=O) groups excluding carboxylic acids is 1. The maximum absolute atomic E-state index is 12.5. The Hall–Kier alpha value is -3.03. The standard InChI is InChI=1S/C22H18N2O3S2/c1-2-29(26,27)17-12-10-16(11-13-17)21(25)24-22-23-20(14-28-22)19-9-5-7-15-6-3-4-8-18(15)19/h3-14H,2H2,1H3,(H,23,24,25). The number of benzene rings is 3. The molecule has 0 fully saturated rings. The van der Waals surface area contributed by atoms with Crippen molar-refractivity contribution in [3.05, 3.63) is 77.7 Å². The summed E-state index contributed by atoms with van der Waals surface area (Å²) in [6, 6.07) is 20.1. The molecule has 0 radical (unpaired) electrons. The van der Waals surface area contributed by atoms with Crippen LogP contribution in [0.3, 0.4) is 0 Å². The van der Waals surface area contributed by atoms with Crippen molar-refractivity contribution in [2.24, 2.45) is 0 Å². The second-order valence-electron chi connectivity index (χ2n) is 6.45. The van der Waals surface area contributed by atoms with Gasteiger partial charge in [-0.15, -0.1) is 11.3 Å². The number of nitrogens with zero attached hydrogens (tertiary/aromatic N) is 1. The minimum atomic E-state index is -3.29. The van der Waals surface area contributed by atoms with Gasteiger partial charge in [0.05, 0.1) is 16.3 Å². The average Bonchev–Trinajstić information content (AvgIpc) is 3.21. The number of fused-ring (bicyclic) bond motifs is 1. The van der Waals surface area contributed by atoms with E-state index in [1.54, 1.807) is 6.92 Å². The lowest BCUT2D eigenvalue weighted by Crippen LogP contribution is -2.12. The molecule has 4 aromatic rings. The molecule has 0 aliphatic heterocycles. The van der Waals surface area contributed by atoms with Gasteiger partial charge in [0.1, 0.15) is 0 Å². The number of anilines is 1. The van der Waals surface area contributed by atoms with Crippen LogP contribution < -0.4 is 5.32 Å². The molecule has 0 unspecified atom stereocenters. The molecule has 7 heteroatoms. The average molecular weight is 423 g/mol. The molecule has 1 aromatic heterocycles. The molecule has 0 spiro atoms. The molecule has 0 atom stereocenters. The van der Waals surface area contributed by atoms with E-state index in [-0.39, 0.29) is 16.6 Å². The van der Waals surface area contributed by atoms with Crippen LogP contribution in [0.4, 0.5) is 5.13 Å². The molecule has 4 rings (SSSR count). The van der Waals surface area contributed by atoms with Gasteiger partial charge in [0.25, 0.3) is 5.91 Å². The van der Waals surface area contributed by atoms with Crippen molar-refractivity contribution in [3.8, 4) is 11.3 Å². The number of hydrogen-bond donors (Lipinski definition) is 1. The molecule has 1 heterocycles. The Morgan fingerprint density at radius 1 is 1.00 bits per heavy atom. The summed E-state index contributed by atoms with van der Waals surface area (Å²) in [5, 5.41) is 7.42. The first-order valence-corrected chi connectivity index (χ1v) is 11.6. The highest BCUT2D eigenvalue weighted by molar-refractivity contribution is 7.91. The molecular weight excluding hydrogens is 404 g/mol. The third-order valence-electron chi connectivity index (χ3n) is 4.65. The first-order chi connectivity index (χ1) is 14.0. The maximum atomic E-state index is 12.5. The zero-order chi connectivity index (χ0) is 20.4. The lowest BCUT2D eigenvalue weighted by molar-refractivity contribution is 0.102. The Morgan fingerprint density at radius 2 is 1.72 bits per heavy atom. The van der Waals surface area contributed by atoms with Crippen LogP contribution in [0.5, 0.6) is 0 Å². The Balaban J connectivity index is 1.55. The van der Waals surface area contributed by atoms with Gasteiger partial charge >= 0.3 is 0 Å². The van der Waals surface area contributed by atoms with Crippen LogP contribution in [0.1, 0.15) is 17.3 Å². The molecule has 5 nitrogen and oxygen atoms in total. The Bertz CT molecular complexity index is 1290. The zero-order valence-electron chi connectivity index (χ0n) is 15.6. The van der Waals surface area contributed by atoms with Crippen LogP contribution in [0, 0.1) is 0 Å². The predicted molar refractivity (Wildman–Crippen MR) is 117 cm³/mol. The van der Waals surface area contributed by atoms with Crippen molar-refractivity contribution in [2.75, 3.05) is 11.1 Å². The highest BCUT2D eigenvalue weighted by Gasteiger charge is 2.14. The van der Waals surface area contributed by atoms with Gasteiger partial charge in [0.15, 0.2) is 15.0 Å². The van der Waals surface area contributed by atoms with Gasteiger partial charge < -0.3 is 0 Å². The van der Waals surface area contributed by atoms with Crippen LogP contribution in [0.25, 0.3) is 22.0 Å². The molecule has 0 aliphatic carbocycles. The highest BCUT2D eigenvalue weighted by atomic mass is 32.2. The van der Waals surface area contributed by atoms with E-state index < -0.39 is 9.84 Å². The van der Waals surface area contributed by atoms with Gasteiger partial charge in [-0.2, -0.15) is 0 Å². The molecule has 0 bridgehead atoms. The number of amides is 1. The smallest absolute Gasteiger partial charge is 0.257 e. The maximum Gasteiger partial charge on any atom is 0.257 e. The summed E-state index contributed by atoms with van der Waals surface area (Å²) in [4.78, 5) is 17.3. The fourth-order valence-corrected chi connectivity index (χ4v) is 4.64. The molecule has 146 valence electrons. The van der Waals surface area contributed by atoms with E-state index in [9.17, 15) is 13.2 Å². The van der Waals surface area contributed by atoms with E-state index in [1.165, 1.54) is 35.6 Å². The topological polar surface area (TPSA) is 76.1 Å². The van der Waals surface area contributed by atoms with Crippen molar-refractivity contribution in [2.45, 2.75) is 11.8 Å². The first kappa shape index (κ1) is 19.3. The molecule has 0 saturated carbocycles. The minimum Gasteiger partial charge on any atom is -0.298 e. The van der Waals surface area contributed by atoms with Crippen LogP contribution in [-0.4, -0.2) is 25.1 Å². The normalized spacial score (nSPS) is 11.5. The molecule has 1 amide bonds. The summed E-state index contributed by atoms with van der Waals surface area (Å²) in [5.41, 5.74) is 2.18. The Kier molecular flexibility index (Phi) is 5.17. The summed E-state index contributed by atoms with van der Waals surface area (Å²) >= 11 is 1.35. The van der Waals surface area contributed by atoms with Gasteiger partial charge in [-0.3, -0.25) is 10.1 Å². The van der Waals surface area contributed by atoms with E-state index in [4.69, 9.17) is 0 Å². The number of rotatable bonds is 5. The van der Waals surface area contributed by atoms with Crippen molar-refractivity contribution < 1.29 is 13.2 Å². The second kappa shape index (κ2) is 7.77. The number of nitrogens with one attached hydrogen (secondary N) is 1. The SMILES string of the molecule is CCS(=O)(=O)c1ccc(C(=O)Nc2nc(-c3cccc4ccccc34)cs2)cc1. The predicted octanol–water partition coefficient (Wildman–Crippen LogP) is 5.01. The summed E-state index contributed by atoms with van der Waals surface area (Å²) in [7, 11) is -3.29. The van der Waals surface area contributed by atoms with Gasteiger partial charge in [-0.1, -0.05) is 49.4 Å². The molecule has 1 N–H and O–H groups in total. The van der Waals surface area contributed by atoms with Gasteiger partial charge in [0, 0.05) is 16.5 Å². The van der Waals surface area contributed by atoms with E-state index in [1.807, 2.05) is 35.7 Å². The van der Waals surface area contributed by atoms with Gasteiger partial charge in [-0.25, -0.2) is 13.4 Å². The highest BCUT2D eigenvalue weighted by Crippen LogP contribution is 2.31. The molecular formula is C22H18N2O3S2. The van der Waals surface area contributed by atoms with Crippen molar-refractivity contribution >= 4 is 43.0 Å². The van der Waals surface area contributed by atoms with Crippen LogP contribution >= 0.6 is 11.3 Å². The summed E-state index contributed by atoms with van der Waals surface area (Å²) in [6.07, 6.45) is 0. The largest absolute Gasteiger partial charge is 0.298 e. The second-order valence-corrected chi connectivity index (χ2v) is 9.58. The van der Waals surface area contributed by atoms with Crippen LogP contribution in [0.2, 0.25) is 0 Å². The van der Waals surface area contributed by atoms with E-state index >= 15 is 0 Å². The zero-order valence-corrected chi connectivity index (χ0v) is 17.3. The van der Waals surface area contributed by atoms with Crippen molar-refractivity contribution in [1.29, 1.82) is 0 Å². The summed E-state index contributed by atoms with van der Waals surface area (Å²) in [6.45, 7) is 1.59. The minimum absolute atomic E-state index is 0.0224. The Morgan fingerprint density at radius 3 is 2.48 bits per heavy atom.